The quantitative estimate of drug-likeness (QED) is 0.916. The fourth-order valence-corrected chi connectivity index (χ4v) is 2.58. The number of halogens is 2. The van der Waals surface area contributed by atoms with Gasteiger partial charge in [0.1, 0.15) is 12.2 Å². The summed E-state index contributed by atoms with van der Waals surface area (Å²) in [6.45, 7) is 0. The average Bonchev–Trinajstić information content (AvgIpc) is 2.71. The van der Waals surface area contributed by atoms with E-state index in [1.807, 2.05) is 26.2 Å². The van der Waals surface area contributed by atoms with Crippen LogP contribution in [-0.4, -0.2) is 21.8 Å². The first-order valence-electron chi connectivity index (χ1n) is 5.09. The van der Waals surface area contributed by atoms with Crippen molar-refractivity contribution in [1.29, 1.82) is 0 Å². The maximum atomic E-state index is 4.29. The van der Waals surface area contributed by atoms with Crippen molar-refractivity contribution < 1.29 is 0 Å². The molecule has 0 radical (unpaired) electrons. The van der Waals surface area contributed by atoms with Crippen molar-refractivity contribution in [2.45, 2.75) is 6.04 Å². The summed E-state index contributed by atoms with van der Waals surface area (Å²) in [6.07, 6.45) is 1.56. The van der Waals surface area contributed by atoms with Crippen molar-refractivity contribution in [3.05, 3.63) is 44.9 Å². The Morgan fingerprint density at radius 2 is 2.12 bits per heavy atom. The highest BCUT2D eigenvalue weighted by atomic mass is 79.9. The molecule has 6 heteroatoms. The minimum absolute atomic E-state index is 0.00868. The second-order valence-electron chi connectivity index (χ2n) is 3.63. The minimum Gasteiger partial charge on any atom is -0.307 e. The highest BCUT2D eigenvalue weighted by Gasteiger charge is 2.19. The Labute approximate surface area is 117 Å². The van der Waals surface area contributed by atoms with Gasteiger partial charge in [-0.1, -0.05) is 31.9 Å². The van der Waals surface area contributed by atoms with Crippen molar-refractivity contribution in [2.24, 2.45) is 7.05 Å². The summed E-state index contributed by atoms with van der Waals surface area (Å²) in [6, 6.07) is 6.09. The lowest BCUT2D eigenvalue weighted by atomic mass is 10.1. The molecule has 1 aromatic carbocycles. The predicted molar refractivity (Wildman–Crippen MR) is 73.7 cm³/mol. The van der Waals surface area contributed by atoms with E-state index >= 15 is 0 Å². The Morgan fingerprint density at radius 3 is 2.71 bits per heavy atom. The van der Waals surface area contributed by atoms with Gasteiger partial charge in [0, 0.05) is 16.0 Å². The van der Waals surface area contributed by atoms with Crippen LogP contribution in [0.5, 0.6) is 0 Å². The lowest BCUT2D eigenvalue weighted by Crippen LogP contribution is -2.22. The molecule has 0 saturated carbocycles. The molecule has 1 atom stereocenters. The lowest BCUT2D eigenvalue weighted by molar-refractivity contribution is 0.589. The van der Waals surface area contributed by atoms with E-state index in [9.17, 15) is 0 Å². The molecule has 0 aliphatic rings. The summed E-state index contributed by atoms with van der Waals surface area (Å²) in [5.74, 6) is 0.881. The van der Waals surface area contributed by atoms with Gasteiger partial charge in [0.2, 0.25) is 0 Å². The number of nitrogens with zero attached hydrogens (tertiary/aromatic N) is 3. The fraction of sp³-hybridized carbons (Fsp3) is 0.273. The van der Waals surface area contributed by atoms with Crippen molar-refractivity contribution >= 4 is 31.9 Å². The van der Waals surface area contributed by atoms with Crippen LogP contribution in [0.15, 0.2) is 33.5 Å². The maximum absolute atomic E-state index is 4.29. The smallest absolute Gasteiger partial charge is 0.148 e. The third-order valence-corrected chi connectivity index (χ3v) is 3.78. The van der Waals surface area contributed by atoms with Gasteiger partial charge in [-0.15, -0.1) is 0 Å². The molecule has 1 N–H and O–H groups in total. The molecule has 1 heterocycles. The zero-order chi connectivity index (χ0) is 12.4. The standard InChI is InChI=1S/C11H12Br2N4/c1-14-10(11-15-6-16-17(11)2)8-5-7(12)3-4-9(8)13/h3-6,10,14H,1-2H3. The molecule has 1 unspecified atom stereocenters. The monoisotopic (exact) mass is 358 g/mol. The molecule has 0 aliphatic carbocycles. The number of nitrogens with one attached hydrogen (secondary N) is 1. The SMILES string of the molecule is CNC(c1cc(Br)ccc1Br)c1ncnn1C. The molecule has 2 aromatic rings. The highest BCUT2D eigenvalue weighted by Crippen LogP contribution is 2.29. The third-order valence-electron chi connectivity index (χ3n) is 2.56. The number of rotatable bonds is 3. The number of hydrogen-bond donors (Lipinski definition) is 1. The van der Waals surface area contributed by atoms with Crippen molar-refractivity contribution in [2.75, 3.05) is 7.05 Å². The molecule has 0 bridgehead atoms. The topological polar surface area (TPSA) is 42.7 Å². The molecule has 2 rings (SSSR count). The lowest BCUT2D eigenvalue weighted by Gasteiger charge is -2.17. The second-order valence-corrected chi connectivity index (χ2v) is 5.40. The molecule has 17 heavy (non-hydrogen) atoms. The molecular formula is C11H12Br2N4. The largest absolute Gasteiger partial charge is 0.307 e. The molecule has 4 nitrogen and oxygen atoms in total. The number of benzene rings is 1. The van der Waals surface area contributed by atoms with E-state index in [0.29, 0.717) is 0 Å². The van der Waals surface area contributed by atoms with Crippen molar-refractivity contribution in [1.82, 2.24) is 20.1 Å². The summed E-state index contributed by atoms with van der Waals surface area (Å²) >= 11 is 7.05. The summed E-state index contributed by atoms with van der Waals surface area (Å²) < 4.78 is 3.86. The zero-order valence-corrected chi connectivity index (χ0v) is 12.7. The minimum atomic E-state index is 0.00868. The first kappa shape index (κ1) is 12.7. The van der Waals surface area contributed by atoms with Crippen LogP contribution in [0.4, 0.5) is 0 Å². The van der Waals surface area contributed by atoms with E-state index in [1.165, 1.54) is 0 Å². The van der Waals surface area contributed by atoms with Crippen LogP contribution in [0.25, 0.3) is 0 Å². The van der Waals surface area contributed by atoms with Gasteiger partial charge in [-0.25, -0.2) is 4.98 Å². The van der Waals surface area contributed by atoms with E-state index < -0.39 is 0 Å². The first-order chi connectivity index (χ1) is 8.13. The second kappa shape index (κ2) is 5.29. The van der Waals surface area contributed by atoms with Crippen LogP contribution >= 0.6 is 31.9 Å². The number of hydrogen-bond acceptors (Lipinski definition) is 3. The Morgan fingerprint density at radius 1 is 1.35 bits per heavy atom. The van der Waals surface area contributed by atoms with E-state index in [2.05, 4.69) is 53.3 Å². The third kappa shape index (κ3) is 2.59. The fourth-order valence-electron chi connectivity index (χ4n) is 1.73. The summed E-state index contributed by atoms with van der Waals surface area (Å²) in [5.41, 5.74) is 1.12. The van der Waals surface area contributed by atoms with Crippen LogP contribution in [-0.2, 0) is 7.05 Å². The van der Waals surface area contributed by atoms with Gasteiger partial charge in [0.05, 0.1) is 6.04 Å². The van der Waals surface area contributed by atoms with Gasteiger partial charge < -0.3 is 5.32 Å². The summed E-state index contributed by atoms with van der Waals surface area (Å²) in [4.78, 5) is 4.29. The van der Waals surface area contributed by atoms with Gasteiger partial charge in [-0.2, -0.15) is 5.10 Å². The normalized spacial score (nSPS) is 12.7. The molecule has 0 saturated heterocycles. The van der Waals surface area contributed by atoms with Gasteiger partial charge in [-0.3, -0.25) is 4.68 Å². The van der Waals surface area contributed by atoms with Crippen molar-refractivity contribution in [3.63, 3.8) is 0 Å². The maximum Gasteiger partial charge on any atom is 0.148 e. The molecule has 0 amide bonds. The molecule has 0 spiro atoms. The molecule has 0 fully saturated rings. The van der Waals surface area contributed by atoms with Crippen LogP contribution in [0.3, 0.4) is 0 Å². The predicted octanol–water partition coefficient (Wildman–Crippen LogP) is 2.65. The molecule has 1 aromatic heterocycles. The Balaban J connectivity index is 2.49. The van der Waals surface area contributed by atoms with E-state index in [4.69, 9.17) is 0 Å². The van der Waals surface area contributed by atoms with E-state index in [-0.39, 0.29) is 6.04 Å². The van der Waals surface area contributed by atoms with Crippen LogP contribution in [0, 0.1) is 0 Å². The van der Waals surface area contributed by atoms with E-state index in [0.717, 1.165) is 20.3 Å². The molecule has 90 valence electrons. The number of aromatic nitrogens is 3. The Kier molecular flexibility index (Phi) is 3.96. The Hall–Kier alpha value is -0.720. The van der Waals surface area contributed by atoms with Crippen LogP contribution in [0.1, 0.15) is 17.4 Å². The van der Waals surface area contributed by atoms with Gasteiger partial charge in [-0.05, 0) is 30.8 Å². The van der Waals surface area contributed by atoms with E-state index in [1.54, 1.807) is 11.0 Å². The molecule has 0 aliphatic heterocycles. The van der Waals surface area contributed by atoms with Gasteiger partial charge >= 0.3 is 0 Å². The first-order valence-corrected chi connectivity index (χ1v) is 6.68. The van der Waals surface area contributed by atoms with Gasteiger partial charge in [0.15, 0.2) is 0 Å². The van der Waals surface area contributed by atoms with Crippen LogP contribution < -0.4 is 5.32 Å². The number of aryl methyl sites for hydroxylation is 1. The Bertz CT molecular complexity index is 524. The van der Waals surface area contributed by atoms with Crippen LogP contribution in [0.2, 0.25) is 0 Å². The summed E-state index contributed by atoms with van der Waals surface area (Å²) in [5, 5.41) is 7.36. The van der Waals surface area contributed by atoms with Crippen molar-refractivity contribution in [3.8, 4) is 0 Å². The molecular weight excluding hydrogens is 348 g/mol. The zero-order valence-electron chi connectivity index (χ0n) is 9.48. The highest BCUT2D eigenvalue weighted by molar-refractivity contribution is 9.11. The average molecular weight is 360 g/mol. The van der Waals surface area contributed by atoms with Gasteiger partial charge in [0.25, 0.3) is 0 Å². The summed E-state index contributed by atoms with van der Waals surface area (Å²) in [7, 11) is 3.80.